The van der Waals surface area contributed by atoms with Crippen LogP contribution in [0, 0.1) is 0 Å². The summed E-state index contributed by atoms with van der Waals surface area (Å²) in [6, 6.07) is 26.2. The van der Waals surface area contributed by atoms with Gasteiger partial charge in [-0.2, -0.15) is 0 Å². The molecule has 3 rings (SSSR count). The number of aliphatic carboxylic acids is 1. The first kappa shape index (κ1) is 18.1. The van der Waals surface area contributed by atoms with Crippen molar-refractivity contribution in [3.05, 3.63) is 90.0 Å². The Hall–Kier alpha value is -2.72. The van der Waals surface area contributed by atoms with Crippen molar-refractivity contribution >= 4 is 17.7 Å². The Morgan fingerprint density at radius 2 is 1.42 bits per heavy atom. The number of hydrogen-bond donors (Lipinski definition) is 1. The monoisotopic (exact) mass is 364 g/mol. The van der Waals surface area contributed by atoms with E-state index in [2.05, 4.69) is 0 Å². The van der Waals surface area contributed by atoms with E-state index < -0.39 is 5.97 Å². The normalized spacial score (nSPS) is 10.5. The molecule has 26 heavy (non-hydrogen) atoms. The summed E-state index contributed by atoms with van der Waals surface area (Å²) in [7, 11) is 0. The molecule has 0 saturated carbocycles. The van der Waals surface area contributed by atoms with Gasteiger partial charge in [0.2, 0.25) is 0 Å². The van der Waals surface area contributed by atoms with E-state index in [9.17, 15) is 4.79 Å². The zero-order chi connectivity index (χ0) is 18.2. The van der Waals surface area contributed by atoms with Gasteiger partial charge in [-0.3, -0.25) is 4.79 Å². The van der Waals surface area contributed by atoms with E-state index in [1.165, 1.54) is 0 Å². The zero-order valence-corrected chi connectivity index (χ0v) is 15.1. The third kappa shape index (κ3) is 5.67. The van der Waals surface area contributed by atoms with Gasteiger partial charge in [0.25, 0.3) is 0 Å². The van der Waals surface area contributed by atoms with Gasteiger partial charge < -0.3 is 9.84 Å². The second-order valence-corrected chi connectivity index (χ2v) is 7.03. The number of carboxylic acid groups (broad SMARTS) is 1. The van der Waals surface area contributed by atoms with Crippen LogP contribution in [0.5, 0.6) is 5.75 Å². The molecule has 3 aromatic carbocycles. The molecule has 0 aliphatic carbocycles. The summed E-state index contributed by atoms with van der Waals surface area (Å²) in [5, 5.41) is 8.74. The highest BCUT2D eigenvalue weighted by Gasteiger charge is 2.02. The lowest BCUT2D eigenvalue weighted by Gasteiger charge is -2.08. The molecule has 3 aromatic rings. The van der Waals surface area contributed by atoms with E-state index in [4.69, 9.17) is 9.84 Å². The number of rotatable bonds is 8. The predicted octanol–water partition coefficient (Wildman–Crippen LogP) is 5.43. The maximum absolute atomic E-state index is 10.6. The molecule has 0 unspecified atom stereocenters. The molecule has 3 nitrogen and oxygen atoms in total. The minimum atomic E-state index is -0.766. The Balaban J connectivity index is 1.53. The van der Waals surface area contributed by atoms with Crippen LogP contribution in [-0.2, 0) is 17.8 Å². The minimum Gasteiger partial charge on any atom is -0.489 e. The van der Waals surface area contributed by atoms with Crippen molar-refractivity contribution < 1.29 is 14.6 Å². The van der Waals surface area contributed by atoms with Crippen molar-refractivity contribution in [2.24, 2.45) is 0 Å². The van der Waals surface area contributed by atoms with Crippen molar-refractivity contribution in [1.29, 1.82) is 0 Å². The fourth-order valence-electron chi connectivity index (χ4n) is 2.46. The third-order valence-electron chi connectivity index (χ3n) is 3.86. The van der Waals surface area contributed by atoms with E-state index in [0.29, 0.717) is 13.0 Å². The molecule has 132 valence electrons. The van der Waals surface area contributed by atoms with E-state index in [1.54, 1.807) is 11.8 Å². The van der Waals surface area contributed by atoms with Crippen molar-refractivity contribution in [2.45, 2.75) is 29.2 Å². The molecule has 0 aromatic heterocycles. The summed E-state index contributed by atoms with van der Waals surface area (Å²) in [6.45, 7) is 0.561. The average Bonchev–Trinajstić information content (AvgIpc) is 2.68. The Kier molecular flexibility index (Phi) is 6.34. The molecule has 0 heterocycles. The van der Waals surface area contributed by atoms with Gasteiger partial charge in [0.1, 0.15) is 12.4 Å². The highest BCUT2D eigenvalue weighted by Crippen LogP contribution is 2.29. The first-order chi connectivity index (χ1) is 12.7. The van der Waals surface area contributed by atoms with Crippen LogP contribution in [0.1, 0.15) is 17.5 Å². The SMILES string of the molecule is O=C(O)CCc1ccc(Sc2ccc(OCc3ccccc3)cc2)cc1. The number of ether oxygens (including phenoxy) is 1. The molecular formula is C22H20O3S. The summed E-state index contributed by atoms with van der Waals surface area (Å²) in [5.74, 6) is 0.0836. The summed E-state index contributed by atoms with van der Waals surface area (Å²) in [6.07, 6.45) is 0.727. The second-order valence-electron chi connectivity index (χ2n) is 5.89. The van der Waals surface area contributed by atoms with Gasteiger partial charge in [0, 0.05) is 16.2 Å². The van der Waals surface area contributed by atoms with Crippen LogP contribution in [0.4, 0.5) is 0 Å². The molecule has 0 atom stereocenters. The van der Waals surface area contributed by atoms with E-state index in [-0.39, 0.29) is 6.42 Å². The molecular weight excluding hydrogens is 344 g/mol. The first-order valence-electron chi connectivity index (χ1n) is 8.44. The maximum atomic E-state index is 10.6. The molecule has 0 spiro atoms. The number of benzene rings is 3. The lowest BCUT2D eigenvalue weighted by atomic mass is 10.1. The van der Waals surface area contributed by atoms with Gasteiger partial charge in [0.15, 0.2) is 0 Å². The third-order valence-corrected chi connectivity index (χ3v) is 4.87. The molecule has 0 bridgehead atoms. The van der Waals surface area contributed by atoms with Gasteiger partial charge >= 0.3 is 5.97 Å². The second kappa shape index (κ2) is 9.11. The van der Waals surface area contributed by atoms with Gasteiger partial charge in [0.05, 0.1) is 0 Å². The fourth-order valence-corrected chi connectivity index (χ4v) is 3.27. The van der Waals surface area contributed by atoms with Crippen LogP contribution in [0.2, 0.25) is 0 Å². The van der Waals surface area contributed by atoms with Gasteiger partial charge in [-0.15, -0.1) is 0 Å². The Bertz CT molecular complexity index is 828. The number of hydrogen-bond acceptors (Lipinski definition) is 3. The van der Waals surface area contributed by atoms with Crippen molar-refractivity contribution in [2.75, 3.05) is 0 Å². The minimum absolute atomic E-state index is 0.164. The molecule has 0 aliphatic heterocycles. The summed E-state index contributed by atoms with van der Waals surface area (Å²) in [4.78, 5) is 12.9. The predicted molar refractivity (Wildman–Crippen MR) is 104 cm³/mol. The number of carbonyl (C=O) groups is 1. The van der Waals surface area contributed by atoms with Gasteiger partial charge in [-0.1, -0.05) is 54.2 Å². The standard InChI is InChI=1S/C22H20O3S/c23-22(24)15-8-17-6-11-20(12-7-17)26-21-13-9-19(10-14-21)25-16-18-4-2-1-3-5-18/h1-7,9-14H,8,15-16H2,(H,23,24). The molecule has 0 saturated heterocycles. The van der Waals surface area contributed by atoms with Crippen LogP contribution in [-0.4, -0.2) is 11.1 Å². The largest absolute Gasteiger partial charge is 0.489 e. The van der Waals surface area contributed by atoms with Crippen LogP contribution < -0.4 is 4.74 Å². The van der Waals surface area contributed by atoms with Crippen molar-refractivity contribution in [1.82, 2.24) is 0 Å². The number of aryl methyl sites for hydroxylation is 1. The molecule has 0 radical (unpaired) electrons. The van der Waals surface area contributed by atoms with Crippen LogP contribution in [0.15, 0.2) is 88.7 Å². The molecule has 4 heteroatoms. The Morgan fingerprint density at radius 1 is 0.808 bits per heavy atom. The quantitative estimate of drug-likeness (QED) is 0.578. The summed E-state index contributed by atoms with van der Waals surface area (Å²) >= 11 is 1.67. The van der Waals surface area contributed by atoms with E-state index >= 15 is 0 Å². The van der Waals surface area contributed by atoms with Crippen LogP contribution >= 0.6 is 11.8 Å². The first-order valence-corrected chi connectivity index (χ1v) is 9.26. The van der Waals surface area contributed by atoms with Gasteiger partial charge in [-0.25, -0.2) is 0 Å². The molecule has 0 aliphatic rings. The van der Waals surface area contributed by atoms with Crippen LogP contribution in [0.3, 0.4) is 0 Å². The fraction of sp³-hybridized carbons (Fsp3) is 0.136. The van der Waals surface area contributed by atoms with Crippen molar-refractivity contribution in [3.63, 3.8) is 0 Å². The van der Waals surface area contributed by atoms with Crippen LogP contribution in [0.25, 0.3) is 0 Å². The smallest absolute Gasteiger partial charge is 0.303 e. The van der Waals surface area contributed by atoms with E-state index in [0.717, 1.165) is 26.7 Å². The lowest BCUT2D eigenvalue weighted by molar-refractivity contribution is -0.136. The average molecular weight is 364 g/mol. The summed E-state index contributed by atoms with van der Waals surface area (Å²) in [5.41, 5.74) is 2.19. The molecule has 0 fully saturated rings. The van der Waals surface area contributed by atoms with Gasteiger partial charge in [-0.05, 0) is 53.9 Å². The zero-order valence-electron chi connectivity index (χ0n) is 14.3. The molecule has 1 N–H and O–H groups in total. The van der Waals surface area contributed by atoms with Crippen molar-refractivity contribution in [3.8, 4) is 5.75 Å². The number of carboxylic acids is 1. The summed E-state index contributed by atoms with van der Waals surface area (Å²) < 4.78 is 5.80. The lowest BCUT2D eigenvalue weighted by Crippen LogP contribution is -1.97. The highest BCUT2D eigenvalue weighted by atomic mass is 32.2. The Labute approximate surface area is 157 Å². The topological polar surface area (TPSA) is 46.5 Å². The molecule has 0 amide bonds. The Morgan fingerprint density at radius 3 is 2.04 bits per heavy atom. The highest BCUT2D eigenvalue weighted by molar-refractivity contribution is 7.99. The van der Waals surface area contributed by atoms with E-state index in [1.807, 2.05) is 78.9 Å². The maximum Gasteiger partial charge on any atom is 0.303 e.